The number of piperidine rings is 1. The van der Waals surface area contributed by atoms with E-state index in [1.165, 1.54) is 25.0 Å². The van der Waals surface area contributed by atoms with E-state index in [4.69, 9.17) is 0 Å². The summed E-state index contributed by atoms with van der Waals surface area (Å²) in [5.74, 6) is 0.0662. The molecule has 0 spiro atoms. The van der Waals surface area contributed by atoms with Crippen molar-refractivity contribution in [2.75, 3.05) is 26.2 Å². The molecule has 2 rings (SSSR count). The van der Waals surface area contributed by atoms with Crippen molar-refractivity contribution in [3.63, 3.8) is 0 Å². The molecule has 1 aromatic rings. The molecular weight excluding hydrogens is 246 g/mol. The lowest BCUT2D eigenvalue weighted by molar-refractivity contribution is 0.352. The van der Waals surface area contributed by atoms with Gasteiger partial charge in [0.2, 0.25) is 0 Å². The number of rotatable bonds is 6. The van der Waals surface area contributed by atoms with Crippen molar-refractivity contribution in [3.8, 4) is 0 Å². The first-order chi connectivity index (χ1) is 9.25. The molecule has 1 aromatic carbocycles. The molecule has 0 radical (unpaired) electrons. The maximum absolute atomic E-state index is 13.4. The molecule has 0 bridgehead atoms. The average molecular weight is 268 g/mol. The number of hydrogen-bond donors (Lipinski definition) is 2. The van der Waals surface area contributed by atoms with Gasteiger partial charge in [-0.3, -0.25) is 0 Å². The molecule has 0 aromatic heterocycles. The molecule has 1 heterocycles. The topological polar surface area (TPSA) is 24.1 Å². The molecule has 1 atom stereocenters. The third-order valence-corrected chi connectivity index (χ3v) is 3.71. The zero-order chi connectivity index (χ0) is 13.5. The largest absolute Gasteiger partial charge is 0.316 e. The minimum Gasteiger partial charge on any atom is -0.316 e. The van der Waals surface area contributed by atoms with Gasteiger partial charge in [-0.05, 0) is 81.5 Å². The molecule has 0 aliphatic carbocycles. The lowest BCUT2D eigenvalue weighted by Gasteiger charge is -2.22. The highest BCUT2D eigenvalue weighted by Crippen LogP contribution is 2.13. The molecule has 19 heavy (non-hydrogen) atoms. The van der Waals surface area contributed by atoms with Gasteiger partial charge in [-0.1, -0.05) is 0 Å². The molecule has 1 aliphatic rings. The summed E-state index contributed by atoms with van der Waals surface area (Å²) < 4.78 is 26.3. The molecule has 1 saturated heterocycles. The van der Waals surface area contributed by atoms with E-state index in [0.29, 0.717) is 18.5 Å². The van der Waals surface area contributed by atoms with Gasteiger partial charge in [0, 0.05) is 0 Å². The standard InChI is InChI=1S/C15H22F2N2/c16-14-3-4-15(17)13(10-14)6-9-18-8-5-12-2-1-7-19-11-12/h3-4,10,12,18-19H,1-2,5-9,11H2. The van der Waals surface area contributed by atoms with E-state index in [1.54, 1.807) is 0 Å². The number of benzene rings is 1. The van der Waals surface area contributed by atoms with Gasteiger partial charge in [0.05, 0.1) is 0 Å². The molecule has 1 aliphatic heterocycles. The first kappa shape index (κ1) is 14.4. The summed E-state index contributed by atoms with van der Waals surface area (Å²) >= 11 is 0. The Kier molecular flexibility index (Phi) is 5.73. The Labute approximate surface area is 113 Å². The van der Waals surface area contributed by atoms with Crippen molar-refractivity contribution in [2.24, 2.45) is 5.92 Å². The first-order valence-corrected chi connectivity index (χ1v) is 7.11. The average Bonchev–Trinajstić information content (AvgIpc) is 2.43. The Morgan fingerprint density at radius 3 is 2.95 bits per heavy atom. The van der Waals surface area contributed by atoms with Crippen LogP contribution in [-0.2, 0) is 6.42 Å². The Balaban J connectivity index is 1.62. The normalized spacial score (nSPS) is 19.6. The zero-order valence-corrected chi connectivity index (χ0v) is 11.2. The molecule has 1 unspecified atom stereocenters. The van der Waals surface area contributed by atoms with E-state index in [2.05, 4.69) is 10.6 Å². The van der Waals surface area contributed by atoms with E-state index in [1.807, 2.05) is 0 Å². The summed E-state index contributed by atoms with van der Waals surface area (Å²) in [6.07, 6.45) is 4.25. The van der Waals surface area contributed by atoms with E-state index >= 15 is 0 Å². The van der Waals surface area contributed by atoms with Gasteiger partial charge < -0.3 is 10.6 Å². The van der Waals surface area contributed by atoms with Gasteiger partial charge in [0.1, 0.15) is 11.6 Å². The number of halogens is 2. The fourth-order valence-corrected chi connectivity index (χ4v) is 2.56. The van der Waals surface area contributed by atoms with Crippen molar-refractivity contribution in [1.82, 2.24) is 10.6 Å². The molecule has 2 N–H and O–H groups in total. The second-order valence-electron chi connectivity index (χ2n) is 5.24. The monoisotopic (exact) mass is 268 g/mol. The lowest BCUT2D eigenvalue weighted by Crippen LogP contribution is -2.32. The minimum absolute atomic E-state index is 0.320. The SMILES string of the molecule is Fc1ccc(F)c(CCNCCC2CCCNC2)c1. The summed E-state index contributed by atoms with van der Waals surface area (Å²) in [6.45, 7) is 3.90. The molecule has 0 saturated carbocycles. The van der Waals surface area contributed by atoms with Crippen LogP contribution in [-0.4, -0.2) is 26.2 Å². The van der Waals surface area contributed by atoms with Crippen LogP contribution in [0.1, 0.15) is 24.8 Å². The van der Waals surface area contributed by atoms with Gasteiger partial charge >= 0.3 is 0 Å². The number of nitrogens with one attached hydrogen (secondary N) is 2. The van der Waals surface area contributed by atoms with Crippen molar-refractivity contribution in [3.05, 3.63) is 35.4 Å². The van der Waals surface area contributed by atoms with E-state index in [-0.39, 0.29) is 11.6 Å². The summed E-state index contributed by atoms with van der Waals surface area (Å²) in [7, 11) is 0. The van der Waals surface area contributed by atoms with Gasteiger partial charge in [-0.2, -0.15) is 0 Å². The Hall–Kier alpha value is -1.00. The van der Waals surface area contributed by atoms with Crippen molar-refractivity contribution >= 4 is 0 Å². The van der Waals surface area contributed by atoms with Gasteiger partial charge in [0.15, 0.2) is 0 Å². The minimum atomic E-state index is -0.371. The van der Waals surface area contributed by atoms with E-state index < -0.39 is 0 Å². The summed E-state index contributed by atoms with van der Waals surface area (Å²) in [4.78, 5) is 0. The van der Waals surface area contributed by atoms with Crippen LogP contribution in [0.2, 0.25) is 0 Å². The molecular formula is C15H22F2N2. The third-order valence-electron chi connectivity index (χ3n) is 3.71. The fraction of sp³-hybridized carbons (Fsp3) is 0.600. The first-order valence-electron chi connectivity index (χ1n) is 7.11. The summed E-state index contributed by atoms with van der Waals surface area (Å²) in [5.41, 5.74) is 0.451. The quantitative estimate of drug-likeness (QED) is 0.775. The fourth-order valence-electron chi connectivity index (χ4n) is 2.56. The maximum Gasteiger partial charge on any atom is 0.126 e. The Bertz CT molecular complexity index is 390. The molecule has 106 valence electrons. The molecule has 1 fully saturated rings. The van der Waals surface area contributed by atoms with Crippen LogP contribution in [0.25, 0.3) is 0 Å². The zero-order valence-electron chi connectivity index (χ0n) is 11.2. The van der Waals surface area contributed by atoms with Crippen molar-refractivity contribution in [2.45, 2.75) is 25.7 Å². The smallest absolute Gasteiger partial charge is 0.126 e. The highest BCUT2D eigenvalue weighted by molar-refractivity contribution is 5.18. The second-order valence-corrected chi connectivity index (χ2v) is 5.24. The predicted octanol–water partition coefficient (Wildman–Crippen LogP) is 2.49. The van der Waals surface area contributed by atoms with Gasteiger partial charge in [0.25, 0.3) is 0 Å². The van der Waals surface area contributed by atoms with Crippen LogP contribution in [0.15, 0.2) is 18.2 Å². The summed E-state index contributed by atoms with van der Waals surface area (Å²) in [6, 6.07) is 3.63. The lowest BCUT2D eigenvalue weighted by atomic mass is 9.96. The van der Waals surface area contributed by atoms with Crippen LogP contribution in [0, 0.1) is 17.6 Å². The highest BCUT2D eigenvalue weighted by Gasteiger charge is 2.11. The maximum atomic E-state index is 13.4. The van der Waals surface area contributed by atoms with Crippen LogP contribution in [0.5, 0.6) is 0 Å². The third kappa shape index (κ3) is 4.88. The van der Waals surface area contributed by atoms with Gasteiger partial charge in [-0.25, -0.2) is 8.78 Å². The molecule has 4 heteroatoms. The van der Waals surface area contributed by atoms with Crippen LogP contribution >= 0.6 is 0 Å². The summed E-state index contributed by atoms with van der Waals surface area (Å²) in [5, 5.41) is 6.71. The van der Waals surface area contributed by atoms with Crippen molar-refractivity contribution in [1.29, 1.82) is 0 Å². The second kappa shape index (κ2) is 7.56. The van der Waals surface area contributed by atoms with Crippen LogP contribution in [0.4, 0.5) is 8.78 Å². The number of hydrogen-bond acceptors (Lipinski definition) is 2. The van der Waals surface area contributed by atoms with E-state index in [0.717, 1.165) is 38.0 Å². The van der Waals surface area contributed by atoms with Gasteiger partial charge in [-0.15, -0.1) is 0 Å². The Morgan fingerprint density at radius 1 is 1.26 bits per heavy atom. The van der Waals surface area contributed by atoms with Crippen LogP contribution in [0.3, 0.4) is 0 Å². The molecule has 2 nitrogen and oxygen atoms in total. The Morgan fingerprint density at radius 2 is 2.16 bits per heavy atom. The predicted molar refractivity (Wildman–Crippen MR) is 73.1 cm³/mol. The van der Waals surface area contributed by atoms with Crippen LogP contribution < -0.4 is 10.6 Å². The highest BCUT2D eigenvalue weighted by atomic mass is 19.1. The molecule has 0 amide bonds. The van der Waals surface area contributed by atoms with E-state index in [9.17, 15) is 8.78 Å². The van der Waals surface area contributed by atoms with Crippen molar-refractivity contribution < 1.29 is 8.78 Å².